The van der Waals surface area contributed by atoms with Crippen LogP contribution in [0.5, 0.6) is 0 Å². The van der Waals surface area contributed by atoms with Crippen LogP contribution in [0.15, 0.2) is 18.2 Å². The van der Waals surface area contributed by atoms with Gasteiger partial charge in [-0.15, -0.1) is 0 Å². The minimum absolute atomic E-state index is 0.00423. The predicted molar refractivity (Wildman–Crippen MR) is 52.4 cm³/mol. The summed E-state index contributed by atoms with van der Waals surface area (Å²) in [7, 11) is 0. The van der Waals surface area contributed by atoms with Gasteiger partial charge in [-0.1, -0.05) is 0 Å². The normalized spacial score (nSPS) is 12.5. The SMILES string of the molecule is O=C(O)CCc1cc(C(F)(F)F)cc(C(F)(F)F)c1. The number of aryl methyl sites for hydroxylation is 1. The third kappa shape index (κ3) is 4.46. The molecule has 2 nitrogen and oxygen atoms in total. The Labute approximate surface area is 103 Å². The molecule has 1 rings (SSSR count). The molecule has 19 heavy (non-hydrogen) atoms. The first-order valence-corrected chi connectivity index (χ1v) is 5.00. The molecule has 0 aliphatic carbocycles. The first-order valence-electron chi connectivity index (χ1n) is 5.00. The smallest absolute Gasteiger partial charge is 0.416 e. The van der Waals surface area contributed by atoms with Gasteiger partial charge in [-0.3, -0.25) is 4.79 Å². The number of hydrogen-bond donors (Lipinski definition) is 1. The molecule has 8 heteroatoms. The van der Waals surface area contributed by atoms with Crippen molar-refractivity contribution >= 4 is 5.97 Å². The van der Waals surface area contributed by atoms with Crippen LogP contribution >= 0.6 is 0 Å². The quantitative estimate of drug-likeness (QED) is 0.859. The molecule has 0 unspecified atom stereocenters. The van der Waals surface area contributed by atoms with Crippen LogP contribution in [0.1, 0.15) is 23.1 Å². The Bertz CT molecular complexity index is 443. The molecule has 0 atom stereocenters. The van der Waals surface area contributed by atoms with Gasteiger partial charge in [-0.05, 0) is 30.2 Å². The largest absolute Gasteiger partial charge is 0.481 e. The average molecular weight is 286 g/mol. The lowest BCUT2D eigenvalue weighted by Gasteiger charge is -2.13. The monoisotopic (exact) mass is 286 g/mol. The number of carboxylic acid groups (broad SMARTS) is 1. The van der Waals surface area contributed by atoms with E-state index in [1.54, 1.807) is 0 Å². The lowest BCUT2D eigenvalue weighted by atomic mass is 10.0. The highest BCUT2D eigenvalue weighted by atomic mass is 19.4. The standard InChI is InChI=1S/C11H8F6O2/c12-10(13,14)7-3-6(1-2-9(18)19)4-8(5-7)11(15,16)17/h3-5H,1-2H2,(H,18,19). The minimum Gasteiger partial charge on any atom is -0.481 e. The summed E-state index contributed by atoms with van der Waals surface area (Å²) >= 11 is 0. The van der Waals surface area contributed by atoms with E-state index in [-0.39, 0.29) is 11.6 Å². The van der Waals surface area contributed by atoms with Crippen molar-refractivity contribution in [3.63, 3.8) is 0 Å². The molecule has 0 heterocycles. The predicted octanol–water partition coefficient (Wildman–Crippen LogP) is 3.74. The summed E-state index contributed by atoms with van der Waals surface area (Å²) in [6.07, 6.45) is -10.8. The van der Waals surface area contributed by atoms with Crippen LogP contribution in [-0.4, -0.2) is 11.1 Å². The highest BCUT2D eigenvalue weighted by Gasteiger charge is 2.36. The molecule has 0 bridgehead atoms. The van der Waals surface area contributed by atoms with E-state index in [1.165, 1.54) is 0 Å². The highest BCUT2D eigenvalue weighted by Crippen LogP contribution is 2.36. The van der Waals surface area contributed by atoms with Crippen molar-refractivity contribution in [3.8, 4) is 0 Å². The summed E-state index contributed by atoms with van der Waals surface area (Å²) in [6, 6.07) is 1.06. The Morgan fingerprint density at radius 3 is 1.68 bits per heavy atom. The Morgan fingerprint density at radius 2 is 1.37 bits per heavy atom. The Morgan fingerprint density at radius 1 is 0.947 bits per heavy atom. The molecular weight excluding hydrogens is 278 g/mol. The number of alkyl halides is 6. The van der Waals surface area contributed by atoms with Crippen LogP contribution in [-0.2, 0) is 23.6 Å². The molecule has 0 aliphatic heterocycles. The van der Waals surface area contributed by atoms with Gasteiger partial charge in [0, 0.05) is 6.42 Å². The summed E-state index contributed by atoms with van der Waals surface area (Å²) in [4.78, 5) is 10.3. The molecule has 1 aromatic rings. The molecule has 0 aliphatic rings. The van der Waals surface area contributed by atoms with E-state index >= 15 is 0 Å². The maximum Gasteiger partial charge on any atom is 0.416 e. The van der Waals surface area contributed by atoms with E-state index < -0.39 is 42.3 Å². The van der Waals surface area contributed by atoms with Gasteiger partial charge in [0.25, 0.3) is 0 Å². The van der Waals surface area contributed by atoms with Crippen molar-refractivity contribution in [2.75, 3.05) is 0 Å². The van der Waals surface area contributed by atoms with Gasteiger partial charge in [-0.2, -0.15) is 26.3 Å². The topological polar surface area (TPSA) is 37.3 Å². The number of rotatable bonds is 3. The van der Waals surface area contributed by atoms with Crippen molar-refractivity contribution in [3.05, 3.63) is 34.9 Å². The second-order valence-electron chi connectivity index (χ2n) is 3.81. The number of aliphatic carboxylic acids is 1. The Balaban J connectivity index is 3.21. The van der Waals surface area contributed by atoms with Crippen LogP contribution in [0.2, 0.25) is 0 Å². The fourth-order valence-corrected chi connectivity index (χ4v) is 1.41. The second kappa shape index (κ2) is 5.10. The maximum atomic E-state index is 12.5. The number of hydrogen-bond acceptors (Lipinski definition) is 1. The average Bonchev–Trinajstić information content (AvgIpc) is 2.23. The zero-order chi connectivity index (χ0) is 14.8. The molecule has 0 fully saturated rings. The van der Waals surface area contributed by atoms with Gasteiger partial charge in [-0.25, -0.2) is 0 Å². The molecule has 0 saturated carbocycles. The van der Waals surface area contributed by atoms with Crippen LogP contribution < -0.4 is 0 Å². The summed E-state index contributed by atoms with van der Waals surface area (Å²) in [5, 5.41) is 8.39. The van der Waals surface area contributed by atoms with Crippen LogP contribution in [0, 0.1) is 0 Å². The van der Waals surface area contributed by atoms with E-state index in [0.29, 0.717) is 12.1 Å². The van der Waals surface area contributed by atoms with E-state index in [1.807, 2.05) is 0 Å². The minimum atomic E-state index is -4.92. The second-order valence-corrected chi connectivity index (χ2v) is 3.81. The van der Waals surface area contributed by atoms with Crippen LogP contribution in [0.25, 0.3) is 0 Å². The lowest BCUT2D eigenvalue weighted by molar-refractivity contribution is -0.143. The molecular formula is C11H8F6O2. The molecule has 1 N–H and O–H groups in total. The van der Waals surface area contributed by atoms with Crippen molar-refractivity contribution in [1.82, 2.24) is 0 Å². The number of halogens is 6. The van der Waals surface area contributed by atoms with Gasteiger partial charge in [0.2, 0.25) is 0 Å². The van der Waals surface area contributed by atoms with Crippen molar-refractivity contribution in [2.45, 2.75) is 25.2 Å². The highest BCUT2D eigenvalue weighted by molar-refractivity contribution is 5.67. The van der Waals surface area contributed by atoms with Crippen LogP contribution in [0.3, 0.4) is 0 Å². The molecule has 1 aromatic carbocycles. The number of carboxylic acids is 1. The molecule has 0 aromatic heterocycles. The molecule has 0 amide bonds. The van der Waals surface area contributed by atoms with E-state index in [4.69, 9.17) is 5.11 Å². The van der Waals surface area contributed by atoms with Crippen molar-refractivity contribution < 1.29 is 36.2 Å². The van der Waals surface area contributed by atoms with Gasteiger partial charge in [0.15, 0.2) is 0 Å². The lowest BCUT2D eigenvalue weighted by Crippen LogP contribution is -2.12. The first-order chi connectivity index (χ1) is 8.50. The summed E-state index contributed by atoms with van der Waals surface area (Å²) in [5.74, 6) is -1.30. The fraction of sp³-hybridized carbons (Fsp3) is 0.364. The zero-order valence-corrected chi connectivity index (χ0v) is 9.27. The maximum absolute atomic E-state index is 12.5. The summed E-state index contributed by atoms with van der Waals surface area (Å²) < 4.78 is 74.7. The third-order valence-corrected chi connectivity index (χ3v) is 2.27. The Hall–Kier alpha value is -1.73. The fourth-order valence-electron chi connectivity index (χ4n) is 1.41. The van der Waals surface area contributed by atoms with Crippen molar-refractivity contribution in [1.29, 1.82) is 0 Å². The molecule has 106 valence electrons. The van der Waals surface area contributed by atoms with Gasteiger partial charge < -0.3 is 5.11 Å². The molecule has 0 saturated heterocycles. The third-order valence-electron chi connectivity index (χ3n) is 2.27. The van der Waals surface area contributed by atoms with E-state index in [0.717, 1.165) is 0 Å². The molecule has 0 spiro atoms. The van der Waals surface area contributed by atoms with Gasteiger partial charge >= 0.3 is 18.3 Å². The van der Waals surface area contributed by atoms with Gasteiger partial charge in [0.1, 0.15) is 0 Å². The van der Waals surface area contributed by atoms with Crippen LogP contribution in [0.4, 0.5) is 26.3 Å². The van der Waals surface area contributed by atoms with E-state index in [9.17, 15) is 31.1 Å². The first kappa shape index (κ1) is 15.3. The number of carbonyl (C=O) groups is 1. The Kier molecular flexibility index (Phi) is 4.12. The van der Waals surface area contributed by atoms with E-state index in [2.05, 4.69) is 0 Å². The number of benzene rings is 1. The zero-order valence-electron chi connectivity index (χ0n) is 9.27. The van der Waals surface area contributed by atoms with Gasteiger partial charge in [0.05, 0.1) is 11.1 Å². The summed E-state index contributed by atoms with van der Waals surface area (Å²) in [5.41, 5.74) is -3.20. The summed E-state index contributed by atoms with van der Waals surface area (Å²) in [6.45, 7) is 0. The molecule has 0 radical (unpaired) electrons. The van der Waals surface area contributed by atoms with Crippen molar-refractivity contribution in [2.24, 2.45) is 0 Å².